The van der Waals surface area contributed by atoms with Crippen LogP contribution in [0.2, 0.25) is 0 Å². The van der Waals surface area contributed by atoms with Gasteiger partial charge in [0, 0.05) is 18.5 Å². The Bertz CT molecular complexity index is 350. The molecule has 0 fully saturated rings. The molecular formula is C12H15NO. The molecule has 0 unspecified atom stereocenters. The van der Waals surface area contributed by atoms with Gasteiger partial charge in [0.25, 0.3) is 0 Å². The number of hydrogen-bond donors (Lipinski definition) is 1. The van der Waals surface area contributed by atoms with Crippen LogP contribution < -0.4 is 0 Å². The smallest absolute Gasteiger partial charge is 0.120 e. The topological polar surface area (TPSA) is 23.5 Å². The van der Waals surface area contributed by atoms with Crippen LogP contribution in [0.5, 0.6) is 5.75 Å². The lowest BCUT2D eigenvalue weighted by molar-refractivity contribution is 0.385. The van der Waals surface area contributed by atoms with Crippen molar-refractivity contribution in [2.45, 2.75) is 13.0 Å². The van der Waals surface area contributed by atoms with Gasteiger partial charge in [-0.05, 0) is 31.8 Å². The highest BCUT2D eigenvalue weighted by Crippen LogP contribution is 2.19. The van der Waals surface area contributed by atoms with E-state index in [0.29, 0.717) is 12.2 Å². The van der Waals surface area contributed by atoms with Crippen LogP contribution in [0.4, 0.5) is 0 Å². The zero-order valence-corrected chi connectivity index (χ0v) is 8.62. The highest BCUT2D eigenvalue weighted by atomic mass is 16.3. The Morgan fingerprint density at radius 1 is 1.43 bits per heavy atom. The summed E-state index contributed by atoms with van der Waals surface area (Å²) < 4.78 is 0. The summed E-state index contributed by atoms with van der Waals surface area (Å²) in [6, 6.07) is 5.51. The van der Waals surface area contributed by atoms with Crippen molar-refractivity contribution in [2.75, 3.05) is 14.1 Å². The van der Waals surface area contributed by atoms with E-state index in [1.807, 2.05) is 31.1 Å². The average Bonchev–Trinajstić information content (AvgIpc) is 2.10. The van der Waals surface area contributed by atoms with Crippen LogP contribution in [0.25, 0.3) is 0 Å². The first-order chi connectivity index (χ1) is 6.63. The minimum absolute atomic E-state index is 0.333. The summed E-state index contributed by atoms with van der Waals surface area (Å²) in [7, 11) is 3.93. The SMILES string of the molecule is C#CCc1ccc(O)c(CN(C)C)c1. The molecule has 2 nitrogen and oxygen atoms in total. The van der Waals surface area contributed by atoms with E-state index in [2.05, 4.69) is 5.92 Å². The molecule has 0 saturated heterocycles. The van der Waals surface area contributed by atoms with Crippen molar-refractivity contribution in [2.24, 2.45) is 0 Å². The van der Waals surface area contributed by atoms with Crippen LogP contribution in [0, 0.1) is 12.3 Å². The second-order valence-electron chi connectivity index (χ2n) is 3.58. The quantitative estimate of drug-likeness (QED) is 0.730. The number of aromatic hydroxyl groups is 1. The Morgan fingerprint density at radius 2 is 2.14 bits per heavy atom. The monoisotopic (exact) mass is 189 g/mol. The minimum Gasteiger partial charge on any atom is -0.508 e. The molecule has 0 bridgehead atoms. The van der Waals surface area contributed by atoms with Gasteiger partial charge >= 0.3 is 0 Å². The maximum absolute atomic E-state index is 9.57. The molecule has 2 heteroatoms. The van der Waals surface area contributed by atoms with E-state index in [9.17, 15) is 5.11 Å². The third kappa shape index (κ3) is 2.79. The van der Waals surface area contributed by atoms with Gasteiger partial charge in [-0.1, -0.05) is 6.07 Å². The lowest BCUT2D eigenvalue weighted by Crippen LogP contribution is -2.10. The highest BCUT2D eigenvalue weighted by Gasteiger charge is 2.03. The number of nitrogens with zero attached hydrogens (tertiary/aromatic N) is 1. The fourth-order valence-electron chi connectivity index (χ4n) is 1.33. The maximum atomic E-state index is 9.57. The predicted octanol–water partition coefficient (Wildman–Crippen LogP) is 1.63. The second-order valence-corrected chi connectivity index (χ2v) is 3.58. The van der Waals surface area contributed by atoms with Gasteiger partial charge in [0.2, 0.25) is 0 Å². The van der Waals surface area contributed by atoms with Gasteiger partial charge in [-0.15, -0.1) is 12.3 Å². The molecule has 74 valence electrons. The van der Waals surface area contributed by atoms with Crippen LogP contribution in [-0.4, -0.2) is 24.1 Å². The second kappa shape index (κ2) is 4.69. The average molecular weight is 189 g/mol. The lowest BCUT2D eigenvalue weighted by atomic mass is 10.1. The summed E-state index contributed by atoms with van der Waals surface area (Å²) in [5.41, 5.74) is 1.99. The summed E-state index contributed by atoms with van der Waals surface area (Å²) in [5, 5.41) is 9.57. The first kappa shape index (κ1) is 10.6. The summed E-state index contributed by atoms with van der Waals surface area (Å²) in [4.78, 5) is 2.01. The van der Waals surface area contributed by atoms with Crippen molar-refractivity contribution in [1.29, 1.82) is 0 Å². The summed E-state index contributed by atoms with van der Waals surface area (Å²) in [6.45, 7) is 0.726. The largest absolute Gasteiger partial charge is 0.508 e. The molecule has 0 aliphatic rings. The van der Waals surface area contributed by atoms with Crippen LogP contribution in [0.3, 0.4) is 0 Å². The molecule has 0 spiro atoms. The molecule has 1 rings (SSSR count). The van der Waals surface area contributed by atoms with Gasteiger partial charge in [0.05, 0.1) is 0 Å². The molecule has 1 aromatic carbocycles. The van der Waals surface area contributed by atoms with Gasteiger partial charge in [-0.3, -0.25) is 0 Å². The van der Waals surface area contributed by atoms with E-state index in [4.69, 9.17) is 6.42 Å². The molecule has 0 radical (unpaired) electrons. The zero-order chi connectivity index (χ0) is 10.6. The Hall–Kier alpha value is -1.46. The van der Waals surface area contributed by atoms with Crippen molar-refractivity contribution < 1.29 is 5.11 Å². The Labute approximate surface area is 85.2 Å². The van der Waals surface area contributed by atoms with E-state index in [1.54, 1.807) is 6.07 Å². The normalized spacial score (nSPS) is 10.1. The number of benzene rings is 1. The molecule has 0 aliphatic heterocycles. The molecule has 0 aromatic heterocycles. The Kier molecular flexibility index (Phi) is 3.55. The van der Waals surface area contributed by atoms with Crippen LogP contribution >= 0.6 is 0 Å². The molecule has 1 N–H and O–H groups in total. The van der Waals surface area contributed by atoms with Crippen molar-refractivity contribution in [3.05, 3.63) is 29.3 Å². The molecule has 14 heavy (non-hydrogen) atoms. The van der Waals surface area contributed by atoms with Crippen LogP contribution in [0.15, 0.2) is 18.2 Å². The molecular weight excluding hydrogens is 174 g/mol. The van der Waals surface area contributed by atoms with Gasteiger partial charge in [-0.2, -0.15) is 0 Å². The number of rotatable bonds is 3. The van der Waals surface area contributed by atoms with E-state index in [0.717, 1.165) is 17.7 Å². The zero-order valence-electron chi connectivity index (χ0n) is 8.62. The molecule has 1 aromatic rings. The summed E-state index contributed by atoms with van der Waals surface area (Å²) >= 11 is 0. The van der Waals surface area contributed by atoms with Gasteiger partial charge in [0.1, 0.15) is 5.75 Å². The fraction of sp³-hybridized carbons (Fsp3) is 0.333. The lowest BCUT2D eigenvalue weighted by Gasteiger charge is -2.11. The number of hydrogen-bond acceptors (Lipinski definition) is 2. The van der Waals surface area contributed by atoms with Crippen LogP contribution in [-0.2, 0) is 13.0 Å². The minimum atomic E-state index is 0.333. The first-order valence-corrected chi connectivity index (χ1v) is 4.52. The Morgan fingerprint density at radius 3 is 2.71 bits per heavy atom. The summed E-state index contributed by atoms with van der Waals surface area (Å²) in [5.74, 6) is 2.92. The van der Waals surface area contributed by atoms with Gasteiger partial charge < -0.3 is 10.0 Å². The third-order valence-corrected chi connectivity index (χ3v) is 1.94. The Balaban J connectivity index is 2.91. The highest BCUT2D eigenvalue weighted by molar-refractivity contribution is 5.37. The van der Waals surface area contributed by atoms with E-state index in [-0.39, 0.29) is 0 Å². The molecule has 0 aliphatic carbocycles. The van der Waals surface area contributed by atoms with Crippen molar-refractivity contribution >= 4 is 0 Å². The third-order valence-electron chi connectivity index (χ3n) is 1.94. The first-order valence-electron chi connectivity index (χ1n) is 4.52. The van der Waals surface area contributed by atoms with Crippen molar-refractivity contribution in [3.8, 4) is 18.1 Å². The number of phenols is 1. The maximum Gasteiger partial charge on any atom is 0.120 e. The number of terminal acetylenes is 1. The standard InChI is InChI=1S/C12H15NO/c1-4-5-10-6-7-12(14)11(8-10)9-13(2)3/h1,6-8,14H,5,9H2,2-3H3. The van der Waals surface area contributed by atoms with Crippen molar-refractivity contribution in [1.82, 2.24) is 4.90 Å². The van der Waals surface area contributed by atoms with Gasteiger partial charge in [-0.25, -0.2) is 0 Å². The molecule has 0 heterocycles. The van der Waals surface area contributed by atoms with E-state index < -0.39 is 0 Å². The van der Waals surface area contributed by atoms with Crippen LogP contribution in [0.1, 0.15) is 11.1 Å². The molecule has 0 amide bonds. The van der Waals surface area contributed by atoms with E-state index >= 15 is 0 Å². The molecule has 0 atom stereocenters. The van der Waals surface area contributed by atoms with Gasteiger partial charge in [0.15, 0.2) is 0 Å². The van der Waals surface area contributed by atoms with Crippen molar-refractivity contribution in [3.63, 3.8) is 0 Å². The fourth-order valence-corrected chi connectivity index (χ4v) is 1.33. The predicted molar refractivity (Wildman–Crippen MR) is 58.0 cm³/mol. The number of phenolic OH excluding ortho intramolecular Hbond substituents is 1. The summed E-state index contributed by atoms with van der Waals surface area (Å²) in [6.07, 6.45) is 5.84. The van der Waals surface area contributed by atoms with E-state index in [1.165, 1.54) is 0 Å². The molecule has 0 saturated carbocycles.